The Morgan fingerprint density at radius 1 is 1.32 bits per heavy atom. The third-order valence-electron chi connectivity index (χ3n) is 2.92. The lowest BCUT2D eigenvalue weighted by molar-refractivity contribution is 0.112. The number of hydrogen-bond donors (Lipinski definition) is 0. The van der Waals surface area contributed by atoms with Crippen molar-refractivity contribution in [3.05, 3.63) is 46.4 Å². The molecular formula is C15H12N2O4S. The van der Waals surface area contributed by atoms with Crippen molar-refractivity contribution >= 4 is 17.6 Å². The van der Waals surface area contributed by atoms with Gasteiger partial charge in [-0.1, -0.05) is 5.16 Å². The molecule has 0 aliphatic heterocycles. The molecule has 0 saturated heterocycles. The van der Waals surface area contributed by atoms with Crippen LogP contribution in [0, 0.1) is 0 Å². The molecular weight excluding hydrogens is 304 g/mol. The van der Waals surface area contributed by atoms with Gasteiger partial charge in [0.2, 0.25) is 5.82 Å². The van der Waals surface area contributed by atoms with Crippen LogP contribution in [0.25, 0.3) is 11.5 Å². The van der Waals surface area contributed by atoms with E-state index in [-0.39, 0.29) is 6.61 Å². The molecule has 0 radical (unpaired) electrons. The lowest BCUT2D eigenvalue weighted by Gasteiger charge is -2.09. The maximum Gasteiger partial charge on any atom is 0.258 e. The average molecular weight is 316 g/mol. The van der Waals surface area contributed by atoms with E-state index < -0.39 is 0 Å². The monoisotopic (exact) mass is 316 g/mol. The molecule has 0 aliphatic rings. The van der Waals surface area contributed by atoms with Gasteiger partial charge < -0.3 is 14.0 Å². The van der Waals surface area contributed by atoms with E-state index in [1.807, 2.05) is 16.8 Å². The Morgan fingerprint density at radius 2 is 2.23 bits per heavy atom. The Hall–Kier alpha value is -2.67. The SMILES string of the molecule is COc1cc(C=O)ccc1OCc1noc(-c2ccsc2)n1. The number of carbonyl (C=O) groups is 1. The molecule has 112 valence electrons. The second kappa shape index (κ2) is 6.40. The summed E-state index contributed by atoms with van der Waals surface area (Å²) in [6, 6.07) is 6.83. The van der Waals surface area contributed by atoms with Gasteiger partial charge >= 0.3 is 0 Å². The van der Waals surface area contributed by atoms with E-state index in [4.69, 9.17) is 14.0 Å². The van der Waals surface area contributed by atoms with Crippen LogP contribution in [0.3, 0.4) is 0 Å². The Bertz CT molecular complexity index is 768. The number of ether oxygens (including phenoxy) is 2. The van der Waals surface area contributed by atoms with Crippen molar-refractivity contribution in [3.63, 3.8) is 0 Å². The molecule has 22 heavy (non-hydrogen) atoms. The summed E-state index contributed by atoms with van der Waals surface area (Å²) >= 11 is 1.56. The van der Waals surface area contributed by atoms with Crippen molar-refractivity contribution < 1.29 is 18.8 Å². The largest absolute Gasteiger partial charge is 0.493 e. The number of carbonyl (C=O) groups excluding carboxylic acids is 1. The smallest absolute Gasteiger partial charge is 0.258 e. The quantitative estimate of drug-likeness (QED) is 0.650. The predicted octanol–water partition coefficient (Wildman–Crippen LogP) is 3.20. The van der Waals surface area contributed by atoms with Gasteiger partial charge in [0.25, 0.3) is 5.89 Å². The third-order valence-corrected chi connectivity index (χ3v) is 3.60. The van der Waals surface area contributed by atoms with Crippen molar-refractivity contribution in [3.8, 4) is 23.0 Å². The molecule has 2 aromatic heterocycles. The third kappa shape index (κ3) is 2.99. The fraction of sp³-hybridized carbons (Fsp3) is 0.133. The summed E-state index contributed by atoms with van der Waals surface area (Å²) in [6.07, 6.45) is 0.749. The molecule has 0 saturated carbocycles. The number of aldehydes is 1. The molecule has 1 aromatic carbocycles. The standard InChI is InChI=1S/C15H12N2O4S/c1-19-13-6-10(7-18)2-3-12(13)20-8-14-16-15(21-17-14)11-4-5-22-9-11/h2-7,9H,8H2,1H3. The summed E-state index contributed by atoms with van der Waals surface area (Å²) < 4.78 is 16.0. The van der Waals surface area contributed by atoms with Gasteiger partial charge in [0, 0.05) is 10.9 Å². The van der Waals surface area contributed by atoms with Gasteiger partial charge in [-0.25, -0.2) is 0 Å². The van der Waals surface area contributed by atoms with E-state index in [0.717, 1.165) is 11.8 Å². The molecule has 0 spiro atoms. The molecule has 0 bridgehead atoms. The van der Waals surface area contributed by atoms with Gasteiger partial charge in [-0.2, -0.15) is 16.3 Å². The zero-order chi connectivity index (χ0) is 15.4. The average Bonchev–Trinajstić information content (AvgIpc) is 3.23. The molecule has 3 rings (SSSR count). The molecule has 6 nitrogen and oxygen atoms in total. The highest BCUT2D eigenvalue weighted by Gasteiger charge is 2.11. The van der Waals surface area contributed by atoms with Crippen molar-refractivity contribution in [1.82, 2.24) is 10.1 Å². The topological polar surface area (TPSA) is 74.5 Å². The van der Waals surface area contributed by atoms with Crippen molar-refractivity contribution in [2.45, 2.75) is 6.61 Å². The summed E-state index contributed by atoms with van der Waals surface area (Å²) in [5.41, 5.74) is 1.40. The van der Waals surface area contributed by atoms with Crippen molar-refractivity contribution in [2.24, 2.45) is 0 Å². The number of thiophene rings is 1. The molecule has 2 heterocycles. The van der Waals surface area contributed by atoms with Crippen LogP contribution in [0.15, 0.2) is 39.5 Å². The number of methoxy groups -OCH3 is 1. The van der Waals surface area contributed by atoms with Gasteiger partial charge in [0.15, 0.2) is 18.1 Å². The Morgan fingerprint density at radius 3 is 2.95 bits per heavy atom. The molecule has 3 aromatic rings. The van der Waals surface area contributed by atoms with Crippen LogP contribution in [-0.2, 0) is 6.61 Å². The molecule has 0 amide bonds. The van der Waals surface area contributed by atoms with Crippen molar-refractivity contribution in [1.29, 1.82) is 0 Å². The van der Waals surface area contributed by atoms with E-state index >= 15 is 0 Å². The molecule has 0 atom stereocenters. The summed E-state index contributed by atoms with van der Waals surface area (Å²) in [6.45, 7) is 0.143. The van der Waals surface area contributed by atoms with Gasteiger partial charge in [-0.05, 0) is 29.6 Å². The van der Waals surface area contributed by atoms with Gasteiger partial charge in [0.1, 0.15) is 6.29 Å². The molecule has 7 heteroatoms. The molecule has 0 aliphatic carbocycles. The fourth-order valence-corrected chi connectivity index (χ4v) is 2.46. The predicted molar refractivity (Wildman–Crippen MR) is 80.3 cm³/mol. The minimum atomic E-state index is 0.143. The summed E-state index contributed by atoms with van der Waals surface area (Å²) in [4.78, 5) is 15.0. The maximum atomic E-state index is 10.8. The highest BCUT2D eigenvalue weighted by Crippen LogP contribution is 2.28. The number of nitrogens with zero attached hydrogens (tertiary/aromatic N) is 2. The number of hydrogen-bond acceptors (Lipinski definition) is 7. The van der Waals surface area contributed by atoms with Crippen molar-refractivity contribution in [2.75, 3.05) is 7.11 Å². The Balaban J connectivity index is 1.71. The Kier molecular flexibility index (Phi) is 4.15. The van der Waals surface area contributed by atoms with Crippen LogP contribution in [-0.4, -0.2) is 23.5 Å². The molecule has 0 unspecified atom stereocenters. The van der Waals surface area contributed by atoms with Gasteiger partial charge in [-0.15, -0.1) is 0 Å². The van der Waals surface area contributed by atoms with Crippen LogP contribution >= 0.6 is 11.3 Å². The number of aromatic nitrogens is 2. The first-order valence-corrected chi connectivity index (χ1v) is 7.35. The highest BCUT2D eigenvalue weighted by molar-refractivity contribution is 7.08. The number of benzene rings is 1. The van der Waals surface area contributed by atoms with Gasteiger partial charge in [-0.3, -0.25) is 4.79 Å². The second-order valence-electron chi connectivity index (χ2n) is 4.34. The van der Waals surface area contributed by atoms with Crippen LogP contribution in [0.2, 0.25) is 0 Å². The first-order chi connectivity index (χ1) is 10.8. The first-order valence-electron chi connectivity index (χ1n) is 6.41. The normalized spacial score (nSPS) is 10.4. The maximum absolute atomic E-state index is 10.8. The fourth-order valence-electron chi connectivity index (χ4n) is 1.84. The van der Waals surface area contributed by atoms with Crippen LogP contribution in [0.1, 0.15) is 16.2 Å². The van der Waals surface area contributed by atoms with E-state index in [9.17, 15) is 4.79 Å². The highest BCUT2D eigenvalue weighted by atomic mass is 32.1. The van der Waals surface area contributed by atoms with E-state index in [0.29, 0.717) is 28.8 Å². The summed E-state index contributed by atoms with van der Waals surface area (Å²) in [5.74, 6) is 1.88. The lowest BCUT2D eigenvalue weighted by atomic mass is 10.2. The van der Waals surface area contributed by atoms with Crippen LogP contribution < -0.4 is 9.47 Å². The summed E-state index contributed by atoms with van der Waals surface area (Å²) in [5, 5.41) is 7.74. The second-order valence-corrected chi connectivity index (χ2v) is 5.12. The van der Waals surface area contributed by atoms with E-state index in [1.54, 1.807) is 29.5 Å². The van der Waals surface area contributed by atoms with Crippen LogP contribution in [0.4, 0.5) is 0 Å². The minimum Gasteiger partial charge on any atom is -0.493 e. The number of rotatable bonds is 6. The van der Waals surface area contributed by atoms with Crippen LogP contribution in [0.5, 0.6) is 11.5 Å². The minimum absolute atomic E-state index is 0.143. The van der Waals surface area contributed by atoms with E-state index in [1.165, 1.54) is 7.11 Å². The molecule has 0 N–H and O–H groups in total. The molecule has 0 fully saturated rings. The zero-order valence-corrected chi connectivity index (χ0v) is 12.5. The zero-order valence-electron chi connectivity index (χ0n) is 11.7. The lowest BCUT2D eigenvalue weighted by Crippen LogP contribution is -2.00. The Labute approximate surface area is 130 Å². The van der Waals surface area contributed by atoms with E-state index in [2.05, 4.69) is 10.1 Å². The van der Waals surface area contributed by atoms with Gasteiger partial charge in [0.05, 0.1) is 12.7 Å². The first kappa shape index (κ1) is 14.3. The summed E-state index contributed by atoms with van der Waals surface area (Å²) in [7, 11) is 1.51.